The van der Waals surface area contributed by atoms with E-state index in [9.17, 15) is 0 Å². The standard InChI is InChI=1S/C15H20N4/c1-2-4-13(5-3-1)11-19-12-15(10-17-19)18-14-6-8-16-9-7-14/h1-5,10,12,14,16,18H,6-9,11H2. The van der Waals surface area contributed by atoms with Crippen molar-refractivity contribution in [1.29, 1.82) is 0 Å². The van der Waals surface area contributed by atoms with Crippen LogP contribution in [0.3, 0.4) is 0 Å². The maximum absolute atomic E-state index is 4.42. The molecule has 3 rings (SSSR count). The summed E-state index contributed by atoms with van der Waals surface area (Å²) in [6, 6.07) is 11.0. The van der Waals surface area contributed by atoms with E-state index in [1.54, 1.807) is 0 Å². The zero-order valence-corrected chi connectivity index (χ0v) is 11.0. The van der Waals surface area contributed by atoms with Crippen molar-refractivity contribution < 1.29 is 0 Å². The number of hydrogen-bond acceptors (Lipinski definition) is 3. The van der Waals surface area contributed by atoms with Crippen molar-refractivity contribution in [2.75, 3.05) is 18.4 Å². The molecule has 1 aromatic carbocycles. The van der Waals surface area contributed by atoms with Gasteiger partial charge in [-0.25, -0.2) is 0 Å². The van der Waals surface area contributed by atoms with E-state index in [0.29, 0.717) is 6.04 Å². The summed E-state index contributed by atoms with van der Waals surface area (Å²) < 4.78 is 1.98. The number of aromatic nitrogens is 2. The summed E-state index contributed by atoms with van der Waals surface area (Å²) in [5.74, 6) is 0. The van der Waals surface area contributed by atoms with Crippen LogP contribution in [0, 0.1) is 0 Å². The summed E-state index contributed by atoms with van der Waals surface area (Å²) in [6.07, 6.45) is 6.38. The lowest BCUT2D eigenvalue weighted by molar-refractivity contribution is 0.479. The minimum absolute atomic E-state index is 0.579. The number of piperidine rings is 1. The van der Waals surface area contributed by atoms with E-state index >= 15 is 0 Å². The van der Waals surface area contributed by atoms with Gasteiger partial charge in [0.2, 0.25) is 0 Å². The van der Waals surface area contributed by atoms with Gasteiger partial charge in [-0.2, -0.15) is 5.10 Å². The molecule has 0 aliphatic carbocycles. The van der Waals surface area contributed by atoms with Crippen LogP contribution < -0.4 is 10.6 Å². The van der Waals surface area contributed by atoms with E-state index in [4.69, 9.17) is 0 Å². The summed E-state index contributed by atoms with van der Waals surface area (Å²) in [5.41, 5.74) is 2.40. The Morgan fingerprint density at radius 2 is 2.00 bits per heavy atom. The number of benzene rings is 1. The predicted octanol–water partition coefficient (Wildman–Crippen LogP) is 2.10. The van der Waals surface area contributed by atoms with Gasteiger partial charge in [-0.3, -0.25) is 4.68 Å². The average molecular weight is 256 g/mol. The molecule has 0 atom stereocenters. The molecule has 2 aromatic rings. The van der Waals surface area contributed by atoms with E-state index in [0.717, 1.165) is 25.3 Å². The number of nitrogens with zero attached hydrogens (tertiary/aromatic N) is 2. The lowest BCUT2D eigenvalue weighted by atomic mass is 10.1. The molecule has 0 bridgehead atoms. The van der Waals surface area contributed by atoms with Crippen LogP contribution in [-0.4, -0.2) is 28.9 Å². The molecule has 19 heavy (non-hydrogen) atoms. The molecule has 0 saturated carbocycles. The second-order valence-electron chi connectivity index (χ2n) is 5.08. The molecule has 2 N–H and O–H groups in total. The monoisotopic (exact) mass is 256 g/mol. The number of hydrogen-bond donors (Lipinski definition) is 2. The Hall–Kier alpha value is -1.81. The summed E-state index contributed by atoms with van der Waals surface area (Å²) >= 11 is 0. The van der Waals surface area contributed by atoms with Gasteiger partial charge in [0.25, 0.3) is 0 Å². The van der Waals surface area contributed by atoms with Crippen molar-refractivity contribution in [3.63, 3.8) is 0 Å². The Labute approximate surface area is 113 Å². The van der Waals surface area contributed by atoms with Crippen molar-refractivity contribution >= 4 is 5.69 Å². The topological polar surface area (TPSA) is 41.9 Å². The van der Waals surface area contributed by atoms with Crippen LogP contribution in [0.1, 0.15) is 18.4 Å². The largest absolute Gasteiger partial charge is 0.380 e. The smallest absolute Gasteiger partial charge is 0.0728 e. The lowest BCUT2D eigenvalue weighted by Gasteiger charge is -2.23. The van der Waals surface area contributed by atoms with E-state index in [-0.39, 0.29) is 0 Å². The van der Waals surface area contributed by atoms with Crippen LogP contribution in [0.15, 0.2) is 42.7 Å². The van der Waals surface area contributed by atoms with Crippen LogP contribution in [0.25, 0.3) is 0 Å². The Kier molecular flexibility index (Phi) is 3.79. The third-order valence-electron chi connectivity index (χ3n) is 3.53. The SMILES string of the molecule is c1ccc(Cn2cc(NC3CCNCC3)cn2)cc1. The highest BCUT2D eigenvalue weighted by molar-refractivity contribution is 5.39. The molecule has 0 amide bonds. The van der Waals surface area contributed by atoms with Gasteiger partial charge in [-0.1, -0.05) is 30.3 Å². The molecule has 0 unspecified atom stereocenters. The lowest BCUT2D eigenvalue weighted by Crippen LogP contribution is -2.35. The quantitative estimate of drug-likeness (QED) is 0.880. The van der Waals surface area contributed by atoms with Gasteiger partial charge < -0.3 is 10.6 Å². The first-order valence-electron chi connectivity index (χ1n) is 6.94. The highest BCUT2D eigenvalue weighted by Crippen LogP contribution is 2.13. The maximum Gasteiger partial charge on any atom is 0.0728 e. The van der Waals surface area contributed by atoms with Gasteiger partial charge in [0.05, 0.1) is 18.4 Å². The second-order valence-corrected chi connectivity index (χ2v) is 5.08. The molecule has 1 aliphatic rings. The highest BCUT2D eigenvalue weighted by Gasteiger charge is 2.13. The maximum atomic E-state index is 4.42. The van der Waals surface area contributed by atoms with Crippen molar-refractivity contribution in [2.24, 2.45) is 0 Å². The van der Waals surface area contributed by atoms with Crippen LogP contribution in [0.4, 0.5) is 5.69 Å². The second kappa shape index (κ2) is 5.89. The summed E-state index contributed by atoms with van der Waals surface area (Å²) in [5, 5.41) is 11.4. The highest BCUT2D eigenvalue weighted by atomic mass is 15.3. The molecule has 4 heteroatoms. The summed E-state index contributed by atoms with van der Waals surface area (Å²) in [4.78, 5) is 0. The first-order valence-corrected chi connectivity index (χ1v) is 6.94. The van der Waals surface area contributed by atoms with Crippen LogP contribution in [-0.2, 0) is 6.54 Å². The normalized spacial score (nSPS) is 16.4. The fraction of sp³-hybridized carbons (Fsp3) is 0.400. The van der Waals surface area contributed by atoms with Crippen molar-refractivity contribution in [3.05, 3.63) is 48.3 Å². The van der Waals surface area contributed by atoms with Crippen molar-refractivity contribution in [1.82, 2.24) is 15.1 Å². The molecule has 0 radical (unpaired) electrons. The average Bonchev–Trinajstić information content (AvgIpc) is 2.88. The fourth-order valence-electron chi connectivity index (χ4n) is 2.50. The van der Waals surface area contributed by atoms with E-state index in [2.05, 4.69) is 46.2 Å². The molecule has 1 aromatic heterocycles. The Morgan fingerprint density at radius 1 is 1.21 bits per heavy atom. The van der Waals surface area contributed by atoms with Crippen molar-refractivity contribution in [3.8, 4) is 0 Å². The zero-order chi connectivity index (χ0) is 12.9. The van der Waals surface area contributed by atoms with Crippen LogP contribution >= 0.6 is 0 Å². The van der Waals surface area contributed by atoms with Gasteiger partial charge >= 0.3 is 0 Å². The van der Waals surface area contributed by atoms with Gasteiger partial charge in [0.1, 0.15) is 0 Å². The van der Waals surface area contributed by atoms with E-state index < -0.39 is 0 Å². The Bertz CT molecular complexity index is 500. The summed E-state index contributed by atoms with van der Waals surface area (Å²) in [6.45, 7) is 3.04. The number of nitrogens with one attached hydrogen (secondary N) is 2. The van der Waals surface area contributed by atoms with E-state index in [1.807, 2.05) is 16.9 Å². The minimum Gasteiger partial charge on any atom is -0.380 e. The molecule has 100 valence electrons. The predicted molar refractivity (Wildman–Crippen MR) is 77.3 cm³/mol. The molecular weight excluding hydrogens is 236 g/mol. The number of anilines is 1. The Morgan fingerprint density at radius 3 is 2.79 bits per heavy atom. The van der Waals surface area contributed by atoms with Crippen LogP contribution in [0.2, 0.25) is 0 Å². The first-order chi connectivity index (χ1) is 9.40. The molecular formula is C15H20N4. The van der Waals surface area contributed by atoms with Crippen molar-refractivity contribution in [2.45, 2.75) is 25.4 Å². The molecule has 1 saturated heterocycles. The summed E-state index contributed by atoms with van der Waals surface area (Å²) in [7, 11) is 0. The van der Waals surface area contributed by atoms with Gasteiger partial charge in [-0.15, -0.1) is 0 Å². The zero-order valence-electron chi connectivity index (χ0n) is 11.0. The number of rotatable bonds is 4. The first kappa shape index (κ1) is 12.2. The molecule has 4 nitrogen and oxygen atoms in total. The molecule has 1 fully saturated rings. The van der Waals surface area contributed by atoms with E-state index in [1.165, 1.54) is 18.4 Å². The van der Waals surface area contributed by atoms with Gasteiger partial charge in [-0.05, 0) is 31.5 Å². The molecule has 2 heterocycles. The molecule has 1 aliphatic heterocycles. The molecule has 0 spiro atoms. The van der Waals surface area contributed by atoms with Crippen LogP contribution in [0.5, 0.6) is 0 Å². The van der Waals surface area contributed by atoms with Gasteiger partial charge in [0.15, 0.2) is 0 Å². The fourth-order valence-corrected chi connectivity index (χ4v) is 2.50. The van der Waals surface area contributed by atoms with Gasteiger partial charge in [0, 0.05) is 12.2 Å². The third-order valence-corrected chi connectivity index (χ3v) is 3.53. The Balaban J connectivity index is 1.59. The minimum atomic E-state index is 0.579. The third kappa shape index (κ3) is 3.35.